The molecule has 0 atom stereocenters. The van der Waals surface area contributed by atoms with Crippen LogP contribution in [0.3, 0.4) is 0 Å². The zero-order valence-corrected chi connectivity index (χ0v) is 14.1. The molecule has 0 unspecified atom stereocenters. The van der Waals surface area contributed by atoms with E-state index < -0.39 is 15.8 Å². The standard InChI is InChI=1S/C16H20FN3O2S/c1-19-11-15(16(18-19)12-5-3-4-6-12)23(21,22)20(2)14-9-7-13(17)8-10-14/h7-12H,3-6H2,1-2H3. The Kier molecular flexibility index (Phi) is 4.14. The largest absolute Gasteiger partial charge is 0.274 e. The molecule has 0 N–H and O–H groups in total. The van der Waals surface area contributed by atoms with Crippen molar-refractivity contribution in [1.82, 2.24) is 9.78 Å². The number of aryl methyl sites for hydroxylation is 1. The van der Waals surface area contributed by atoms with Crippen LogP contribution in [0, 0.1) is 5.82 Å². The lowest BCUT2D eigenvalue weighted by Gasteiger charge is -2.20. The van der Waals surface area contributed by atoms with E-state index in [0.29, 0.717) is 11.4 Å². The van der Waals surface area contributed by atoms with Gasteiger partial charge in [-0.3, -0.25) is 8.99 Å². The van der Waals surface area contributed by atoms with Crippen molar-refractivity contribution >= 4 is 15.7 Å². The Morgan fingerprint density at radius 2 is 1.83 bits per heavy atom. The van der Waals surface area contributed by atoms with Gasteiger partial charge in [-0.25, -0.2) is 12.8 Å². The summed E-state index contributed by atoms with van der Waals surface area (Å²) >= 11 is 0. The van der Waals surface area contributed by atoms with E-state index in [-0.39, 0.29) is 10.8 Å². The van der Waals surface area contributed by atoms with Crippen molar-refractivity contribution in [3.05, 3.63) is 42.0 Å². The van der Waals surface area contributed by atoms with Crippen LogP contribution in [0.5, 0.6) is 0 Å². The van der Waals surface area contributed by atoms with Crippen molar-refractivity contribution in [2.45, 2.75) is 36.5 Å². The van der Waals surface area contributed by atoms with E-state index in [1.54, 1.807) is 17.9 Å². The smallest absolute Gasteiger partial charge is 0.267 e. The van der Waals surface area contributed by atoms with E-state index in [2.05, 4.69) is 5.10 Å². The molecule has 1 fully saturated rings. The lowest BCUT2D eigenvalue weighted by Crippen LogP contribution is -2.27. The first-order valence-electron chi connectivity index (χ1n) is 7.67. The molecular formula is C16H20FN3O2S. The van der Waals surface area contributed by atoms with E-state index in [9.17, 15) is 12.8 Å². The van der Waals surface area contributed by atoms with Crippen LogP contribution in [0.25, 0.3) is 0 Å². The topological polar surface area (TPSA) is 55.2 Å². The molecule has 7 heteroatoms. The lowest BCUT2D eigenvalue weighted by molar-refractivity contribution is 0.589. The molecule has 5 nitrogen and oxygen atoms in total. The van der Waals surface area contributed by atoms with E-state index in [1.165, 1.54) is 35.6 Å². The maximum Gasteiger partial charge on any atom is 0.267 e. The third-order valence-corrected chi connectivity index (χ3v) is 6.19. The summed E-state index contributed by atoms with van der Waals surface area (Å²) in [6, 6.07) is 5.42. The number of nitrogens with zero attached hydrogens (tertiary/aromatic N) is 3. The Bertz CT molecular complexity index is 793. The van der Waals surface area contributed by atoms with Gasteiger partial charge >= 0.3 is 0 Å². The van der Waals surface area contributed by atoms with E-state index in [0.717, 1.165) is 25.7 Å². The molecule has 1 saturated carbocycles. The second-order valence-corrected chi connectivity index (χ2v) is 7.92. The van der Waals surface area contributed by atoms with Gasteiger partial charge in [-0.1, -0.05) is 12.8 Å². The Morgan fingerprint density at radius 1 is 1.22 bits per heavy atom. The molecule has 1 heterocycles. The number of rotatable bonds is 4. The van der Waals surface area contributed by atoms with E-state index >= 15 is 0 Å². The second-order valence-electron chi connectivity index (χ2n) is 5.98. The van der Waals surface area contributed by atoms with Crippen molar-refractivity contribution in [2.24, 2.45) is 7.05 Å². The monoisotopic (exact) mass is 337 g/mol. The van der Waals surface area contributed by atoms with Crippen LogP contribution in [0.15, 0.2) is 35.4 Å². The van der Waals surface area contributed by atoms with Gasteiger partial charge in [-0.2, -0.15) is 5.10 Å². The third kappa shape index (κ3) is 2.97. The Morgan fingerprint density at radius 3 is 2.43 bits per heavy atom. The molecule has 0 saturated heterocycles. The first-order valence-corrected chi connectivity index (χ1v) is 9.11. The molecule has 1 aromatic carbocycles. The van der Waals surface area contributed by atoms with Gasteiger partial charge in [-0.05, 0) is 37.1 Å². The molecule has 23 heavy (non-hydrogen) atoms. The number of sulfonamides is 1. The number of hydrogen-bond acceptors (Lipinski definition) is 3. The highest BCUT2D eigenvalue weighted by Crippen LogP contribution is 2.37. The molecule has 1 aromatic heterocycles. The summed E-state index contributed by atoms with van der Waals surface area (Å²) in [4.78, 5) is 0.249. The fourth-order valence-electron chi connectivity index (χ4n) is 3.10. The molecule has 0 radical (unpaired) electrons. The second kappa shape index (κ2) is 5.96. The summed E-state index contributed by atoms with van der Waals surface area (Å²) < 4.78 is 41.8. The summed E-state index contributed by atoms with van der Waals surface area (Å²) in [6.45, 7) is 0. The van der Waals surface area contributed by atoms with Crippen LogP contribution in [-0.4, -0.2) is 25.2 Å². The molecular weight excluding hydrogens is 317 g/mol. The highest BCUT2D eigenvalue weighted by atomic mass is 32.2. The van der Waals surface area contributed by atoms with Crippen LogP contribution >= 0.6 is 0 Å². The van der Waals surface area contributed by atoms with Gasteiger partial charge in [0, 0.05) is 26.2 Å². The van der Waals surface area contributed by atoms with Gasteiger partial charge in [0.25, 0.3) is 10.0 Å². The van der Waals surface area contributed by atoms with Crippen LogP contribution in [0.1, 0.15) is 37.3 Å². The molecule has 124 valence electrons. The zero-order valence-electron chi connectivity index (χ0n) is 13.2. The van der Waals surface area contributed by atoms with Crippen molar-refractivity contribution in [3.8, 4) is 0 Å². The first-order chi connectivity index (χ1) is 10.9. The number of benzene rings is 1. The fraction of sp³-hybridized carbons (Fsp3) is 0.438. The average molecular weight is 337 g/mol. The van der Waals surface area contributed by atoms with Crippen LogP contribution in [0.2, 0.25) is 0 Å². The Labute approximate surface area is 135 Å². The maximum atomic E-state index is 13.1. The number of aromatic nitrogens is 2. The van der Waals surface area contributed by atoms with Crippen molar-refractivity contribution in [3.63, 3.8) is 0 Å². The zero-order chi connectivity index (χ0) is 16.6. The van der Waals surface area contributed by atoms with Crippen LogP contribution < -0.4 is 4.31 Å². The minimum atomic E-state index is -3.72. The van der Waals surface area contributed by atoms with Crippen molar-refractivity contribution in [2.75, 3.05) is 11.4 Å². The molecule has 0 bridgehead atoms. The van der Waals surface area contributed by atoms with Gasteiger partial charge in [0.1, 0.15) is 10.7 Å². The van der Waals surface area contributed by atoms with Gasteiger partial charge in [-0.15, -0.1) is 0 Å². The van der Waals surface area contributed by atoms with Gasteiger partial charge in [0.15, 0.2) is 0 Å². The van der Waals surface area contributed by atoms with Crippen LogP contribution in [-0.2, 0) is 17.1 Å². The summed E-state index contributed by atoms with van der Waals surface area (Å²) in [5.74, 6) is -0.199. The normalized spacial score (nSPS) is 16.0. The SMILES string of the molecule is CN(c1ccc(F)cc1)S(=O)(=O)c1cn(C)nc1C1CCCC1. The minimum absolute atomic E-state index is 0.197. The molecule has 3 rings (SSSR count). The van der Waals surface area contributed by atoms with E-state index in [4.69, 9.17) is 0 Å². The minimum Gasteiger partial charge on any atom is -0.274 e. The number of hydrogen-bond donors (Lipinski definition) is 0. The summed E-state index contributed by atoms with van der Waals surface area (Å²) in [7, 11) is -0.513. The predicted molar refractivity (Wildman–Crippen MR) is 86.4 cm³/mol. The van der Waals surface area contributed by atoms with Crippen molar-refractivity contribution in [1.29, 1.82) is 0 Å². The predicted octanol–water partition coefficient (Wildman–Crippen LogP) is 3.04. The molecule has 0 aliphatic heterocycles. The molecule has 2 aromatic rings. The number of halogens is 1. The van der Waals surface area contributed by atoms with E-state index in [1.807, 2.05) is 0 Å². The van der Waals surface area contributed by atoms with Crippen molar-refractivity contribution < 1.29 is 12.8 Å². The third-order valence-electron chi connectivity index (χ3n) is 4.39. The van der Waals surface area contributed by atoms with Gasteiger partial charge in [0.05, 0.1) is 11.4 Å². The molecule has 0 amide bonds. The van der Waals surface area contributed by atoms with Crippen LogP contribution in [0.4, 0.5) is 10.1 Å². The van der Waals surface area contributed by atoms with Gasteiger partial charge in [0.2, 0.25) is 0 Å². The molecule has 0 spiro atoms. The highest BCUT2D eigenvalue weighted by molar-refractivity contribution is 7.92. The maximum absolute atomic E-state index is 13.1. The van der Waals surface area contributed by atoms with Gasteiger partial charge < -0.3 is 0 Å². The number of anilines is 1. The fourth-order valence-corrected chi connectivity index (χ4v) is 4.55. The first kappa shape index (κ1) is 16.0. The quantitative estimate of drug-likeness (QED) is 0.862. The molecule has 1 aliphatic carbocycles. The summed E-state index contributed by atoms with van der Waals surface area (Å²) in [6.07, 6.45) is 5.71. The Balaban J connectivity index is 2.00. The Hall–Kier alpha value is -1.89. The average Bonchev–Trinajstić information content (AvgIpc) is 3.16. The highest BCUT2D eigenvalue weighted by Gasteiger charge is 2.32. The lowest BCUT2D eigenvalue weighted by atomic mass is 10.1. The summed E-state index contributed by atoms with van der Waals surface area (Å²) in [5.41, 5.74) is 1.08. The summed E-state index contributed by atoms with van der Waals surface area (Å²) in [5, 5.41) is 4.40. The molecule has 1 aliphatic rings.